The van der Waals surface area contributed by atoms with Crippen LogP contribution < -0.4 is 0 Å². The van der Waals surface area contributed by atoms with Crippen LogP contribution in [0.25, 0.3) is 0 Å². The zero-order chi connectivity index (χ0) is 12.3. The highest BCUT2D eigenvalue weighted by Crippen LogP contribution is 2.39. The molecule has 0 heteroatoms. The largest absolute Gasteiger partial charge is 0.0874 e. The first-order valence-corrected chi connectivity index (χ1v) is 6.15. The van der Waals surface area contributed by atoms with Crippen LogP contribution in [0.5, 0.6) is 0 Å². The van der Waals surface area contributed by atoms with Crippen molar-refractivity contribution in [3.8, 4) is 0 Å². The van der Waals surface area contributed by atoms with Gasteiger partial charge >= 0.3 is 0 Å². The Morgan fingerprint density at radius 1 is 1.00 bits per heavy atom. The third kappa shape index (κ3) is 2.37. The van der Waals surface area contributed by atoms with Crippen LogP contribution in [0.1, 0.15) is 48.0 Å². The Hall–Kier alpha value is -1.04. The Morgan fingerprint density at radius 2 is 1.50 bits per heavy atom. The summed E-state index contributed by atoms with van der Waals surface area (Å²) in [5.74, 6) is 0.627. The van der Waals surface area contributed by atoms with E-state index in [1.165, 1.54) is 16.7 Å². The SMILES string of the molecule is CC=C/C(=C\C)CC1C(C)=C(C)C(C)=C1C. The second-order valence-electron chi connectivity index (χ2n) is 4.74. The van der Waals surface area contributed by atoms with E-state index in [1.54, 1.807) is 11.1 Å². The molecular formula is C16H24. The highest BCUT2D eigenvalue weighted by molar-refractivity contribution is 5.47. The van der Waals surface area contributed by atoms with Crippen LogP contribution in [0, 0.1) is 5.92 Å². The van der Waals surface area contributed by atoms with Crippen molar-refractivity contribution in [2.75, 3.05) is 0 Å². The summed E-state index contributed by atoms with van der Waals surface area (Å²) < 4.78 is 0. The molecule has 0 N–H and O–H groups in total. The molecule has 16 heavy (non-hydrogen) atoms. The average Bonchev–Trinajstić information content (AvgIpc) is 2.46. The van der Waals surface area contributed by atoms with E-state index < -0.39 is 0 Å². The van der Waals surface area contributed by atoms with Gasteiger partial charge in [0.1, 0.15) is 0 Å². The molecule has 1 aliphatic carbocycles. The molecule has 0 atom stereocenters. The van der Waals surface area contributed by atoms with Crippen molar-refractivity contribution in [1.82, 2.24) is 0 Å². The second-order valence-corrected chi connectivity index (χ2v) is 4.74. The summed E-state index contributed by atoms with van der Waals surface area (Å²) in [7, 11) is 0. The maximum Gasteiger partial charge on any atom is 0.00533 e. The first-order chi connectivity index (χ1) is 7.52. The van der Waals surface area contributed by atoms with E-state index in [0.29, 0.717) is 5.92 Å². The standard InChI is InChI=1S/C16H24/c1-7-9-15(8-2)10-16-13(5)11(3)12(4)14(16)6/h7-9,16H,10H2,1-6H3/b9-7?,15-8+. The Morgan fingerprint density at radius 3 is 1.88 bits per heavy atom. The van der Waals surface area contributed by atoms with Gasteiger partial charge in [0, 0.05) is 5.92 Å². The third-order valence-corrected chi connectivity index (χ3v) is 3.98. The van der Waals surface area contributed by atoms with Gasteiger partial charge in [-0.15, -0.1) is 0 Å². The first-order valence-electron chi connectivity index (χ1n) is 6.15. The lowest BCUT2D eigenvalue weighted by molar-refractivity contribution is 0.719. The summed E-state index contributed by atoms with van der Waals surface area (Å²) in [5, 5.41) is 0. The normalized spacial score (nSPS) is 19.5. The molecule has 0 fully saturated rings. The fourth-order valence-electron chi connectivity index (χ4n) is 2.48. The van der Waals surface area contributed by atoms with Gasteiger partial charge in [-0.3, -0.25) is 0 Å². The molecule has 0 heterocycles. The van der Waals surface area contributed by atoms with Gasteiger partial charge in [-0.25, -0.2) is 0 Å². The van der Waals surface area contributed by atoms with Crippen LogP contribution in [0.3, 0.4) is 0 Å². The Labute approximate surface area is 100 Å². The molecule has 0 aromatic heterocycles. The number of allylic oxidation sites excluding steroid dienone is 8. The van der Waals surface area contributed by atoms with Gasteiger partial charge in [-0.2, -0.15) is 0 Å². The van der Waals surface area contributed by atoms with Crippen LogP contribution in [-0.2, 0) is 0 Å². The van der Waals surface area contributed by atoms with Gasteiger partial charge in [-0.1, -0.05) is 34.9 Å². The van der Waals surface area contributed by atoms with Crippen molar-refractivity contribution in [2.24, 2.45) is 5.92 Å². The highest BCUT2D eigenvalue weighted by Gasteiger charge is 2.24. The summed E-state index contributed by atoms with van der Waals surface area (Å²) in [4.78, 5) is 0. The van der Waals surface area contributed by atoms with Crippen molar-refractivity contribution in [3.05, 3.63) is 46.1 Å². The Bertz CT molecular complexity index is 362. The fourth-order valence-corrected chi connectivity index (χ4v) is 2.48. The van der Waals surface area contributed by atoms with Crippen LogP contribution in [-0.4, -0.2) is 0 Å². The van der Waals surface area contributed by atoms with E-state index in [9.17, 15) is 0 Å². The van der Waals surface area contributed by atoms with Crippen molar-refractivity contribution in [3.63, 3.8) is 0 Å². The Kier molecular flexibility index (Phi) is 4.35. The molecule has 0 saturated carbocycles. The summed E-state index contributed by atoms with van der Waals surface area (Å²) in [6.45, 7) is 13.3. The lowest BCUT2D eigenvalue weighted by Crippen LogP contribution is -2.02. The van der Waals surface area contributed by atoms with Crippen LogP contribution >= 0.6 is 0 Å². The van der Waals surface area contributed by atoms with E-state index in [4.69, 9.17) is 0 Å². The molecule has 0 amide bonds. The summed E-state index contributed by atoms with van der Waals surface area (Å²) in [6, 6.07) is 0. The summed E-state index contributed by atoms with van der Waals surface area (Å²) in [6.07, 6.45) is 7.72. The molecule has 1 rings (SSSR count). The molecule has 0 aromatic rings. The van der Waals surface area contributed by atoms with Crippen LogP contribution in [0.2, 0.25) is 0 Å². The number of rotatable bonds is 3. The maximum atomic E-state index is 2.28. The topological polar surface area (TPSA) is 0 Å². The van der Waals surface area contributed by atoms with Gasteiger partial charge in [-0.05, 0) is 59.1 Å². The van der Waals surface area contributed by atoms with E-state index in [2.05, 4.69) is 59.8 Å². The Balaban J connectivity index is 2.92. The van der Waals surface area contributed by atoms with Crippen LogP contribution in [0.4, 0.5) is 0 Å². The summed E-state index contributed by atoms with van der Waals surface area (Å²) >= 11 is 0. The molecule has 0 spiro atoms. The minimum absolute atomic E-state index is 0.627. The van der Waals surface area contributed by atoms with E-state index in [-0.39, 0.29) is 0 Å². The van der Waals surface area contributed by atoms with Gasteiger partial charge in [0.05, 0.1) is 0 Å². The molecule has 0 saturated heterocycles. The van der Waals surface area contributed by atoms with E-state index >= 15 is 0 Å². The molecule has 1 aliphatic rings. The van der Waals surface area contributed by atoms with Gasteiger partial charge in [0.25, 0.3) is 0 Å². The molecule has 0 aromatic carbocycles. The quantitative estimate of drug-likeness (QED) is 0.569. The fraction of sp³-hybridized carbons (Fsp3) is 0.500. The molecular weight excluding hydrogens is 192 g/mol. The van der Waals surface area contributed by atoms with Crippen molar-refractivity contribution >= 4 is 0 Å². The first kappa shape index (κ1) is 13.0. The van der Waals surface area contributed by atoms with Crippen molar-refractivity contribution < 1.29 is 0 Å². The smallest absolute Gasteiger partial charge is 0.00533 e. The molecule has 0 bridgehead atoms. The molecule has 0 unspecified atom stereocenters. The molecule has 88 valence electrons. The average molecular weight is 216 g/mol. The minimum atomic E-state index is 0.627. The zero-order valence-electron chi connectivity index (χ0n) is 11.5. The van der Waals surface area contributed by atoms with Crippen molar-refractivity contribution in [2.45, 2.75) is 48.0 Å². The number of hydrogen-bond acceptors (Lipinski definition) is 0. The molecule has 0 radical (unpaired) electrons. The monoisotopic (exact) mass is 216 g/mol. The van der Waals surface area contributed by atoms with Crippen LogP contribution in [0.15, 0.2) is 46.1 Å². The highest BCUT2D eigenvalue weighted by atomic mass is 14.3. The zero-order valence-corrected chi connectivity index (χ0v) is 11.5. The van der Waals surface area contributed by atoms with Crippen molar-refractivity contribution in [1.29, 1.82) is 0 Å². The predicted molar refractivity (Wildman–Crippen MR) is 73.4 cm³/mol. The minimum Gasteiger partial charge on any atom is -0.0874 e. The van der Waals surface area contributed by atoms with Gasteiger partial charge in [0.2, 0.25) is 0 Å². The lowest BCUT2D eigenvalue weighted by Gasteiger charge is -2.15. The van der Waals surface area contributed by atoms with E-state index in [0.717, 1.165) is 6.42 Å². The maximum absolute atomic E-state index is 2.28. The molecule has 0 aliphatic heterocycles. The lowest BCUT2D eigenvalue weighted by atomic mass is 9.89. The van der Waals surface area contributed by atoms with Gasteiger partial charge < -0.3 is 0 Å². The predicted octanol–water partition coefficient (Wildman–Crippen LogP) is 5.20. The third-order valence-electron chi connectivity index (χ3n) is 3.98. The number of hydrogen-bond donors (Lipinski definition) is 0. The molecule has 0 nitrogen and oxygen atoms in total. The van der Waals surface area contributed by atoms with Gasteiger partial charge in [0.15, 0.2) is 0 Å². The second kappa shape index (κ2) is 5.34. The summed E-state index contributed by atoms with van der Waals surface area (Å²) in [5.41, 5.74) is 7.54. The van der Waals surface area contributed by atoms with E-state index in [1.807, 2.05) is 0 Å².